The number of hydrogen-bond acceptors (Lipinski definition) is 8. The molecule has 9 nitrogen and oxygen atoms in total. The van der Waals surface area contributed by atoms with Crippen molar-refractivity contribution in [1.82, 2.24) is 14.8 Å². The van der Waals surface area contributed by atoms with Crippen LogP contribution in [0.3, 0.4) is 0 Å². The molecule has 4 aromatic rings. The molecular formula is C35H35N3O6S2. The molecule has 1 amide bonds. The van der Waals surface area contributed by atoms with Gasteiger partial charge in [0.05, 0.1) is 24.2 Å². The van der Waals surface area contributed by atoms with Crippen molar-refractivity contribution < 1.29 is 28.9 Å². The SMILES string of the molecule is COc1cc(C(=O)O)ccc1OCCCN1C(=O)/C(=C/c2cc(-c3ccc4[nH]ccc4c3)ccc2OCCN2CCCC2)SC1=S. The molecule has 0 spiro atoms. The molecule has 2 N–H and O–H groups in total. The summed E-state index contributed by atoms with van der Waals surface area (Å²) in [5, 5.41) is 10.4. The third-order valence-corrected chi connectivity index (χ3v) is 9.49. The van der Waals surface area contributed by atoms with E-state index in [0.717, 1.165) is 53.0 Å². The van der Waals surface area contributed by atoms with Crippen LogP contribution in [0, 0.1) is 0 Å². The van der Waals surface area contributed by atoms with Crippen LogP contribution in [0.4, 0.5) is 0 Å². The lowest BCUT2D eigenvalue weighted by Crippen LogP contribution is -2.30. The van der Waals surface area contributed by atoms with Crippen molar-refractivity contribution >= 4 is 57.2 Å². The zero-order valence-corrected chi connectivity index (χ0v) is 27.1. The minimum absolute atomic E-state index is 0.112. The monoisotopic (exact) mass is 657 g/mol. The number of carboxylic acid groups (broad SMARTS) is 1. The maximum Gasteiger partial charge on any atom is 0.335 e. The Kier molecular flexibility index (Phi) is 9.91. The molecule has 2 saturated heterocycles. The van der Waals surface area contributed by atoms with Crippen molar-refractivity contribution in [1.29, 1.82) is 0 Å². The summed E-state index contributed by atoms with van der Waals surface area (Å²) < 4.78 is 17.9. The molecule has 0 saturated carbocycles. The van der Waals surface area contributed by atoms with E-state index in [4.69, 9.17) is 26.4 Å². The van der Waals surface area contributed by atoms with Crippen molar-refractivity contribution in [3.63, 3.8) is 0 Å². The molecular weight excluding hydrogens is 623 g/mol. The number of likely N-dealkylation sites (tertiary alicyclic amines) is 1. The van der Waals surface area contributed by atoms with Gasteiger partial charge in [0, 0.05) is 30.4 Å². The summed E-state index contributed by atoms with van der Waals surface area (Å²) in [6.45, 7) is 4.32. The summed E-state index contributed by atoms with van der Waals surface area (Å²) >= 11 is 6.89. The minimum Gasteiger partial charge on any atom is -0.493 e. The number of carboxylic acids is 1. The lowest BCUT2D eigenvalue weighted by molar-refractivity contribution is -0.122. The first kappa shape index (κ1) is 31.7. The van der Waals surface area contributed by atoms with E-state index in [9.17, 15) is 14.7 Å². The highest BCUT2D eigenvalue weighted by atomic mass is 32.2. The number of H-pyrrole nitrogens is 1. The third kappa shape index (κ3) is 7.22. The molecule has 6 rings (SSSR count). The Balaban J connectivity index is 1.16. The van der Waals surface area contributed by atoms with Gasteiger partial charge in [-0.2, -0.15) is 0 Å². The van der Waals surface area contributed by atoms with Crippen LogP contribution < -0.4 is 14.2 Å². The molecule has 0 unspecified atom stereocenters. The number of amides is 1. The van der Waals surface area contributed by atoms with Crippen LogP contribution in [0.1, 0.15) is 35.2 Å². The largest absolute Gasteiger partial charge is 0.493 e. The van der Waals surface area contributed by atoms with Gasteiger partial charge < -0.3 is 24.3 Å². The fraction of sp³-hybridized carbons (Fsp3) is 0.286. The van der Waals surface area contributed by atoms with Crippen molar-refractivity contribution in [2.75, 3.05) is 46.5 Å². The summed E-state index contributed by atoms with van der Waals surface area (Å²) in [4.78, 5) is 32.6. The summed E-state index contributed by atoms with van der Waals surface area (Å²) in [5.41, 5.74) is 4.12. The van der Waals surface area contributed by atoms with Crippen molar-refractivity contribution in [2.24, 2.45) is 0 Å². The van der Waals surface area contributed by atoms with E-state index in [2.05, 4.69) is 46.3 Å². The Labute approximate surface area is 277 Å². The number of aromatic amines is 1. The zero-order valence-electron chi connectivity index (χ0n) is 25.5. The van der Waals surface area contributed by atoms with Gasteiger partial charge in [0.15, 0.2) is 11.5 Å². The number of thiocarbonyl (C=S) groups is 1. The molecule has 0 aliphatic carbocycles. The number of benzene rings is 3. The van der Waals surface area contributed by atoms with Crippen LogP contribution >= 0.6 is 24.0 Å². The van der Waals surface area contributed by atoms with Crippen LogP contribution in [0.5, 0.6) is 17.2 Å². The van der Waals surface area contributed by atoms with Crippen LogP contribution in [-0.4, -0.2) is 82.6 Å². The van der Waals surface area contributed by atoms with Gasteiger partial charge in [-0.05, 0) is 103 Å². The van der Waals surface area contributed by atoms with Crippen molar-refractivity contribution in [2.45, 2.75) is 19.3 Å². The fourth-order valence-electron chi connectivity index (χ4n) is 5.65. The van der Waals surface area contributed by atoms with Gasteiger partial charge in [0.2, 0.25) is 0 Å². The molecule has 1 aromatic heterocycles. The number of rotatable bonds is 13. The van der Waals surface area contributed by atoms with Crippen LogP contribution in [0.15, 0.2) is 71.8 Å². The second kappa shape index (κ2) is 14.4. The maximum absolute atomic E-state index is 13.5. The Morgan fingerprint density at radius 2 is 1.72 bits per heavy atom. The number of methoxy groups -OCH3 is 1. The summed E-state index contributed by atoms with van der Waals surface area (Å²) in [6, 6.07) is 18.9. The first-order valence-corrected chi connectivity index (χ1v) is 16.5. The van der Waals surface area contributed by atoms with Crippen LogP contribution in [0.25, 0.3) is 28.1 Å². The van der Waals surface area contributed by atoms with Gasteiger partial charge in [-0.15, -0.1) is 0 Å². The number of ether oxygens (including phenoxy) is 3. The highest BCUT2D eigenvalue weighted by Crippen LogP contribution is 2.36. The van der Waals surface area contributed by atoms with E-state index in [1.165, 1.54) is 43.8 Å². The normalized spacial score (nSPS) is 16.1. The molecule has 3 heterocycles. The average Bonchev–Trinajstić information content (AvgIpc) is 3.81. The highest BCUT2D eigenvalue weighted by molar-refractivity contribution is 8.26. The number of aromatic carboxylic acids is 1. The van der Waals surface area contributed by atoms with Crippen LogP contribution in [0.2, 0.25) is 0 Å². The smallest absolute Gasteiger partial charge is 0.335 e. The second-order valence-corrected chi connectivity index (χ2v) is 12.8. The lowest BCUT2D eigenvalue weighted by Gasteiger charge is -2.17. The standard InChI is InChI=1S/C35H35N3O6S2/c1-42-31-21-26(34(40)41)7-10-30(31)43-17-4-15-38-33(39)32(46-35(38)45)22-27-20-24(23-5-8-28-25(19-23)11-12-36-28)6-9-29(27)44-18-16-37-13-2-3-14-37/h5-12,19-22,36H,2-4,13-18H2,1H3,(H,40,41)/b32-22-. The topological polar surface area (TPSA) is 104 Å². The number of aromatic nitrogens is 1. The van der Waals surface area contributed by atoms with Crippen molar-refractivity contribution in [3.05, 3.63) is 82.9 Å². The van der Waals surface area contributed by atoms with E-state index in [0.29, 0.717) is 46.9 Å². The molecule has 2 aliphatic rings. The third-order valence-electron chi connectivity index (χ3n) is 8.11. The lowest BCUT2D eigenvalue weighted by atomic mass is 10.0. The van der Waals surface area contributed by atoms with Gasteiger partial charge in [-0.1, -0.05) is 36.1 Å². The number of hydrogen-bond donors (Lipinski definition) is 2. The molecule has 2 aliphatic heterocycles. The number of carbonyl (C=O) groups is 2. The molecule has 46 heavy (non-hydrogen) atoms. The molecule has 238 valence electrons. The van der Waals surface area contributed by atoms with E-state index < -0.39 is 5.97 Å². The predicted molar refractivity (Wildman–Crippen MR) is 185 cm³/mol. The molecule has 2 fully saturated rings. The molecule has 0 radical (unpaired) electrons. The Morgan fingerprint density at radius 3 is 2.52 bits per heavy atom. The quantitative estimate of drug-likeness (QED) is 0.0925. The zero-order chi connectivity index (χ0) is 32.0. The molecule has 11 heteroatoms. The number of nitrogens with zero attached hydrogens (tertiary/aromatic N) is 2. The van der Waals surface area contributed by atoms with Gasteiger partial charge in [0.25, 0.3) is 5.91 Å². The number of carbonyl (C=O) groups excluding carboxylic acids is 1. The number of fused-ring (bicyclic) bond motifs is 1. The molecule has 0 bridgehead atoms. The average molecular weight is 658 g/mol. The number of nitrogens with one attached hydrogen (secondary N) is 1. The number of thioether (sulfide) groups is 1. The maximum atomic E-state index is 13.5. The molecule has 3 aromatic carbocycles. The van der Waals surface area contributed by atoms with E-state index >= 15 is 0 Å². The van der Waals surface area contributed by atoms with Gasteiger partial charge in [-0.25, -0.2) is 4.79 Å². The van der Waals surface area contributed by atoms with E-state index in [1.807, 2.05) is 18.3 Å². The molecule has 0 atom stereocenters. The van der Waals surface area contributed by atoms with Crippen LogP contribution in [-0.2, 0) is 4.79 Å². The minimum atomic E-state index is -1.04. The Morgan fingerprint density at radius 1 is 0.957 bits per heavy atom. The van der Waals surface area contributed by atoms with Gasteiger partial charge in [-0.3, -0.25) is 14.6 Å². The van der Waals surface area contributed by atoms with Gasteiger partial charge in [0.1, 0.15) is 16.7 Å². The van der Waals surface area contributed by atoms with E-state index in [1.54, 1.807) is 11.0 Å². The van der Waals surface area contributed by atoms with Gasteiger partial charge >= 0.3 is 5.97 Å². The van der Waals surface area contributed by atoms with Crippen molar-refractivity contribution in [3.8, 4) is 28.4 Å². The fourth-order valence-corrected chi connectivity index (χ4v) is 6.95. The highest BCUT2D eigenvalue weighted by Gasteiger charge is 2.32. The second-order valence-electron chi connectivity index (χ2n) is 11.1. The van der Waals surface area contributed by atoms with E-state index in [-0.39, 0.29) is 11.5 Å². The Hall–Kier alpha value is -4.32. The summed E-state index contributed by atoms with van der Waals surface area (Å²) in [7, 11) is 1.46. The first-order chi connectivity index (χ1) is 22.4. The first-order valence-electron chi connectivity index (χ1n) is 15.3. The summed E-state index contributed by atoms with van der Waals surface area (Å²) in [5.74, 6) is 0.304. The summed E-state index contributed by atoms with van der Waals surface area (Å²) in [6.07, 6.45) is 6.79. The predicted octanol–water partition coefficient (Wildman–Crippen LogP) is 6.69. The Bertz CT molecular complexity index is 1800.